The maximum Gasteiger partial charge on any atom is 0.221 e. The molecule has 3 heteroatoms. The van der Waals surface area contributed by atoms with Gasteiger partial charge in [-0.2, -0.15) is 0 Å². The predicted molar refractivity (Wildman–Crippen MR) is 56.3 cm³/mol. The predicted octanol–water partition coefficient (Wildman–Crippen LogP) is 1.52. The van der Waals surface area contributed by atoms with E-state index in [-0.39, 0.29) is 11.7 Å². The summed E-state index contributed by atoms with van der Waals surface area (Å²) in [4.78, 5) is 22.8. The van der Waals surface area contributed by atoms with Crippen LogP contribution >= 0.6 is 0 Å². The molecule has 1 aromatic carbocycles. The Labute approximate surface area is 88.5 Å². The van der Waals surface area contributed by atoms with Gasteiger partial charge in [-0.25, -0.2) is 0 Å². The molecule has 1 heterocycles. The molecule has 1 saturated heterocycles. The van der Waals surface area contributed by atoms with Crippen molar-refractivity contribution in [2.45, 2.75) is 25.8 Å². The number of hydrogen-bond donors (Lipinski definition) is 1. The lowest BCUT2D eigenvalue weighted by molar-refractivity contribution is -0.132. The molecule has 78 valence electrons. The number of carbonyl (C=O) groups is 2. The maximum atomic E-state index is 11.6. The van der Waals surface area contributed by atoms with Crippen LogP contribution in [0, 0.1) is 6.92 Å². The van der Waals surface area contributed by atoms with Gasteiger partial charge in [0.25, 0.3) is 0 Å². The fraction of sp³-hybridized carbons (Fsp3) is 0.333. The number of benzene rings is 1. The topological polar surface area (TPSA) is 46.2 Å². The van der Waals surface area contributed by atoms with Gasteiger partial charge in [0.05, 0.1) is 0 Å². The average Bonchev–Trinajstić information content (AvgIpc) is 2.23. The lowest BCUT2D eigenvalue weighted by atomic mass is 9.95. The summed E-state index contributed by atoms with van der Waals surface area (Å²) in [6.07, 6.45) is 0.672. The van der Waals surface area contributed by atoms with Gasteiger partial charge in [-0.15, -0.1) is 0 Å². The summed E-state index contributed by atoms with van der Waals surface area (Å²) in [6.45, 7) is 1.99. The van der Waals surface area contributed by atoms with E-state index < -0.39 is 6.04 Å². The van der Waals surface area contributed by atoms with Gasteiger partial charge >= 0.3 is 0 Å². The summed E-state index contributed by atoms with van der Waals surface area (Å²) < 4.78 is 0. The molecule has 1 aromatic rings. The second kappa shape index (κ2) is 3.85. The molecule has 3 nitrogen and oxygen atoms in total. The molecule has 1 aliphatic heterocycles. The summed E-state index contributed by atoms with van der Waals surface area (Å²) in [6, 6.07) is 7.24. The zero-order valence-electron chi connectivity index (χ0n) is 8.62. The fourth-order valence-corrected chi connectivity index (χ4v) is 1.72. The molecule has 0 bridgehead atoms. The van der Waals surface area contributed by atoms with E-state index in [0.29, 0.717) is 12.8 Å². The first kappa shape index (κ1) is 9.90. The van der Waals surface area contributed by atoms with Gasteiger partial charge in [-0.1, -0.05) is 29.8 Å². The molecule has 1 fully saturated rings. The van der Waals surface area contributed by atoms with Gasteiger partial charge in [0, 0.05) is 12.8 Å². The van der Waals surface area contributed by atoms with Crippen molar-refractivity contribution in [3.63, 3.8) is 0 Å². The minimum Gasteiger partial charge on any atom is -0.342 e. The summed E-state index contributed by atoms with van der Waals surface area (Å²) in [5, 5.41) is 2.71. The van der Waals surface area contributed by atoms with E-state index in [2.05, 4.69) is 5.32 Å². The largest absolute Gasteiger partial charge is 0.342 e. The van der Waals surface area contributed by atoms with Gasteiger partial charge < -0.3 is 5.32 Å². The highest BCUT2D eigenvalue weighted by Crippen LogP contribution is 2.20. The van der Waals surface area contributed by atoms with Gasteiger partial charge in [0.15, 0.2) is 5.78 Å². The highest BCUT2D eigenvalue weighted by molar-refractivity contribution is 5.95. The Balaban J connectivity index is 2.25. The maximum absolute atomic E-state index is 11.6. The van der Waals surface area contributed by atoms with Crippen molar-refractivity contribution in [2.24, 2.45) is 0 Å². The number of amides is 1. The van der Waals surface area contributed by atoms with Crippen LogP contribution in [0.15, 0.2) is 24.3 Å². The van der Waals surface area contributed by atoms with Crippen molar-refractivity contribution in [3.05, 3.63) is 35.4 Å². The van der Waals surface area contributed by atoms with Crippen molar-refractivity contribution < 1.29 is 9.59 Å². The molecular weight excluding hydrogens is 190 g/mol. The first-order valence-corrected chi connectivity index (χ1v) is 5.05. The highest BCUT2D eigenvalue weighted by atomic mass is 16.2. The van der Waals surface area contributed by atoms with Crippen molar-refractivity contribution >= 4 is 11.7 Å². The number of hydrogen-bond acceptors (Lipinski definition) is 2. The third-order valence-electron chi connectivity index (χ3n) is 2.64. The molecule has 1 amide bonds. The minimum atomic E-state index is -0.438. The second-order valence-corrected chi connectivity index (χ2v) is 3.88. The molecule has 1 N–H and O–H groups in total. The van der Waals surface area contributed by atoms with Crippen LogP contribution in [0.1, 0.15) is 30.0 Å². The summed E-state index contributed by atoms with van der Waals surface area (Å²) in [7, 11) is 0. The van der Waals surface area contributed by atoms with Crippen LogP contribution in [0.5, 0.6) is 0 Å². The second-order valence-electron chi connectivity index (χ2n) is 3.88. The Kier molecular flexibility index (Phi) is 2.54. The van der Waals surface area contributed by atoms with E-state index >= 15 is 0 Å². The molecule has 0 saturated carbocycles. The van der Waals surface area contributed by atoms with E-state index in [1.165, 1.54) is 0 Å². The normalized spacial score (nSPS) is 21.3. The van der Waals surface area contributed by atoms with Gasteiger partial charge in [-0.05, 0) is 12.5 Å². The minimum absolute atomic E-state index is 0.0415. The summed E-state index contributed by atoms with van der Waals surface area (Å²) in [5.74, 6) is 0.0543. The number of piperidine rings is 1. The molecule has 1 aliphatic rings. The van der Waals surface area contributed by atoms with Crippen LogP contribution in [0.4, 0.5) is 0 Å². The van der Waals surface area contributed by atoms with E-state index in [0.717, 1.165) is 11.1 Å². The Morgan fingerprint density at radius 1 is 1.13 bits per heavy atom. The smallest absolute Gasteiger partial charge is 0.221 e. The molecule has 1 unspecified atom stereocenters. The van der Waals surface area contributed by atoms with E-state index in [1.807, 2.05) is 31.2 Å². The Hall–Kier alpha value is -1.64. The zero-order valence-corrected chi connectivity index (χ0v) is 8.62. The van der Waals surface area contributed by atoms with Crippen LogP contribution < -0.4 is 5.32 Å². The molecule has 0 spiro atoms. The van der Waals surface area contributed by atoms with Crippen molar-refractivity contribution in [1.82, 2.24) is 5.32 Å². The van der Waals surface area contributed by atoms with Crippen LogP contribution in [0.2, 0.25) is 0 Å². The van der Waals surface area contributed by atoms with Crippen molar-refractivity contribution in [1.29, 1.82) is 0 Å². The summed E-state index contributed by atoms with van der Waals surface area (Å²) >= 11 is 0. The summed E-state index contributed by atoms with van der Waals surface area (Å²) in [5.41, 5.74) is 2.02. The van der Waals surface area contributed by atoms with E-state index in [4.69, 9.17) is 0 Å². The molecule has 1 atom stereocenters. The fourth-order valence-electron chi connectivity index (χ4n) is 1.72. The molecular formula is C12H13NO2. The van der Waals surface area contributed by atoms with Crippen LogP contribution in [0.25, 0.3) is 0 Å². The SMILES string of the molecule is Cc1ccc(C2NC(=O)CCC2=O)cc1. The number of carbonyl (C=O) groups excluding carboxylic acids is 2. The van der Waals surface area contributed by atoms with E-state index in [1.54, 1.807) is 0 Å². The average molecular weight is 203 g/mol. The van der Waals surface area contributed by atoms with Gasteiger partial charge in [0.1, 0.15) is 6.04 Å². The Bertz CT molecular complexity index is 395. The number of aryl methyl sites for hydroxylation is 1. The quantitative estimate of drug-likeness (QED) is 0.752. The van der Waals surface area contributed by atoms with Crippen LogP contribution in [-0.4, -0.2) is 11.7 Å². The third-order valence-corrected chi connectivity index (χ3v) is 2.64. The standard InChI is InChI=1S/C12H13NO2/c1-8-2-4-9(5-3-8)12-10(14)6-7-11(15)13-12/h2-5,12H,6-7H2,1H3,(H,13,15). The number of ketones is 1. The lowest BCUT2D eigenvalue weighted by Gasteiger charge is -2.22. The lowest BCUT2D eigenvalue weighted by Crippen LogP contribution is -2.38. The van der Waals surface area contributed by atoms with Crippen molar-refractivity contribution in [2.75, 3.05) is 0 Å². The number of Topliss-reactive ketones (excluding diaryl/α,β-unsaturated/α-hetero) is 1. The first-order valence-electron chi connectivity index (χ1n) is 5.05. The Morgan fingerprint density at radius 2 is 1.80 bits per heavy atom. The number of nitrogens with one attached hydrogen (secondary N) is 1. The van der Waals surface area contributed by atoms with Crippen LogP contribution in [0.3, 0.4) is 0 Å². The first-order chi connectivity index (χ1) is 7.16. The van der Waals surface area contributed by atoms with Crippen LogP contribution in [-0.2, 0) is 9.59 Å². The molecule has 15 heavy (non-hydrogen) atoms. The Morgan fingerprint density at radius 3 is 2.47 bits per heavy atom. The number of rotatable bonds is 1. The third kappa shape index (κ3) is 2.06. The highest BCUT2D eigenvalue weighted by Gasteiger charge is 2.27. The molecule has 0 aromatic heterocycles. The molecule has 0 aliphatic carbocycles. The zero-order chi connectivity index (χ0) is 10.8. The molecule has 0 radical (unpaired) electrons. The monoisotopic (exact) mass is 203 g/mol. The van der Waals surface area contributed by atoms with Gasteiger partial charge in [0.2, 0.25) is 5.91 Å². The van der Waals surface area contributed by atoms with Gasteiger partial charge in [-0.3, -0.25) is 9.59 Å². The van der Waals surface area contributed by atoms with Crippen molar-refractivity contribution in [3.8, 4) is 0 Å². The molecule has 2 rings (SSSR count). The van der Waals surface area contributed by atoms with E-state index in [9.17, 15) is 9.59 Å².